The van der Waals surface area contributed by atoms with Gasteiger partial charge >= 0.3 is 0 Å². The summed E-state index contributed by atoms with van der Waals surface area (Å²) < 4.78 is 0. The van der Waals surface area contributed by atoms with E-state index >= 15 is 0 Å². The summed E-state index contributed by atoms with van der Waals surface area (Å²) >= 11 is 0. The number of rotatable bonds is 0. The minimum atomic E-state index is 0. The van der Waals surface area contributed by atoms with Gasteiger partial charge in [0.05, 0.1) is 0 Å². The predicted octanol–water partition coefficient (Wildman–Crippen LogP) is -6.98. The quantitative estimate of drug-likeness (QED) is 0.318. The first-order chi connectivity index (χ1) is 0. The van der Waals surface area contributed by atoms with Gasteiger partial charge in [-0.2, -0.15) is 0 Å². The van der Waals surface area contributed by atoms with Gasteiger partial charge in [-0.05, 0) is 0 Å². The van der Waals surface area contributed by atoms with Crippen LogP contribution in [0.4, 0.5) is 0 Å². The normalized spacial score (nSPS) is 0. The summed E-state index contributed by atoms with van der Waals surface area (Å²) in [5, 5.41) is 0. The van der Waals surface area contributed by atoms with Gasteiger partial charge in [-0.25, -0.2) is 0 Å². The zero-order valence-electron chi connectivity index (χ0n) is 4.71. The van der Waals surface area contributed by atoms with Crippen LogP contribution >= 0.6 is 0 Å². The third kappa shape index (κ3) is 488. The molecule has 8 nitrogen and oxygen atoms in total. The van der Waals surface area contributed by atoms with E-state index in [-0.39, 0.29) is 81.5 Å². The van der Waals surface area contributed by atoms with Crippen molar-refractivity contribution in [3.8, 4) is 0 Å². The van der Waals surface area contributed by atoms with Crippen molar-refractivity contribution in [1.82, 2.24) is 0 Å². The summed E-state index contributed by atoms with van der Waals surface area (Å²) in [6, 6.07) is 0. The molecule has 0 amide bonds. The van der Waals surface area contributed by atoms with E-state index in [1.165, 1.54) is 0 Å². The summed E-state index contributed by atoms with van der Waals surface area (Å²) in [5.74, 6) is 0. The van der Waals surface area contributed by atoms with Crippen molar-refractivity contribution >= 4 is 37.7 Å². The van der Waals surface area contributed by atoms with Gasteiger partial charge in [-0.1, -0.05) is 0 Å². The van der Waals surface area contributed by atoms with Crippen LogP contribution in [0.25, 0.3) is 0 Å². The van der Waals surface area contributed by atoms with Crippen LogP contribution in [0.2, 0.25) is 0 Å². The fourth-order valence-corrected chi connectivity index (χ4v) is 0. The third-order valence-electron chi connectivity index (χ3n) is 0. The fraction of sp³-hybridized carbons (Fsp3) is 0. The predicted molar refractivity (Wildman–Crippen MR) is 34.7 cm³/mol. The Labute approximate surface area is 81.3 Å². The molecule has 2 radical (unpaired) electrons. The molecule has 0 aromatic heterocycles. The number of hydrogen-bond acceptors (Lipinski definition) is 0. The van der Waals surface area contributed by atoms with E-state index in [1.54, 1.807) is 0 Å². The summed E-state index contributed by atoms with van der Waals surface area (Å²) in [5.41, 5.74) is 0. The Balaban J connectivity index is 0. The van der Waals surface area contributed by atoms with Crippen molar-refractivity contribution < 1.29 is 43.8 Å². The Morgan fingerprint density at radius 2 is 0.222 bits per heavy atom. The SMILES string of the molecule is O.O.O.O.O.O.O.O.[Ca]. The van der Waals surface area contributed by atoms with Crippen LogP contribution in [0.5, 0.6) is 0 Å². The van der Waals surface area contributed by atoms with E-state index in [2.05, 4.69) is 0 Å². The van der Waals surface area contributed by atoms with Crippen molar-refractivity contribution in [3.05, 3.63) is 0 Å². The fourth-order valence-electron chi connectivity index (χ4n) is 0. The molecule has 0 spiro atoms. The molecule has 0 saturated heterocycles. The standard InChI is InChI=1S/Ca.8H2O/h;8*1H2. The molecule has 0 fully saturated rings. The summed E-state index contributed by atoms with van der Waals surface area (Å²) in [7, 11) is 0. The largest absolute Gasteiger partial charge is 0.412 e. The molecule has 16 N–H and O–H groups in total. The van der Waals surface area contributed by atoms with Crippen LogP contribution in [0.15, 0.2) is 0 Å². The monoisotopic (exact) mass is 184 g/mol. The van der Waals surface area contributed by atoms with Gasteiger partial charge in [0.1, 0.15) is 0 Å². The summed E-state index contributed by atoms with van der Waals surface area (Å²) in [6.07, 6.45) is 0. The molecule has 0 heterocycles. The van der Waals surface area contributed by atoms with Gasteiger partial charge in [0.2, 0.25) is 0 Å². The molecule has 0 aromatic rings. The van der Waals surface area contributed by atoms with Gasteiger partial charge in [0, 0.05) is 37.7 Å². The maximum atomic E-state index is 0. The van der Waals surface area contributed by atoms with Gasteiger partial charge < -0.3 is 43.8 Å². The Morgan fingerprint density at radius 3 is 0.222 bits per heavy atom. The third-order valence-corrected chi connectivity index (χ3v) is 0. The van der Waals surface area contributed by atoms with E-state index in [0.29, 0.717) is 0 Å². The summed E-state index contributed by atoms with van der Waals surface area (Å²) in [6.45, 7) is 0. The first kappa shape index (κ1) is 900. The van der Waals surface area contributed by atoms with E-state index in [0.717, 1.165) is 0 Å². The molecule has 0 bridgehead atoms. The van der Waals surface area contributed by atoms with Crippen molar-refractivity contribution in [2.45, 2.75) is 0 Å². The Kier molecular flexibility index (Phi) is 63800. The second-order valence-corrected chi connectivity index (χ2v) is 0. The Bertz CT molecular complexity index is 4.53. The molecule has 66 valence electrons. The molecule has 0 aliphatic carbocycles. The van der Waals surface area contributed by atoms with E-state index < -0.39 is 0 Å². The molecule has 9 heavy (non-hydrogen) atoms. The Hall–Kier alpha value is 0.940. The molecule has 0 aliphatic heterocycles. The zero-order valence-corrected chi connectivity index (χ0v) is 6.92. The van der Waals surface area contributed by atoms with Crippen LogP contribution in [0.1, 0.15) is 0 Å². The molecule has 9 heteroatoms. The van der Waals surface area contributed by atoms with Crippen LogP contribution in [-0.4, -0.2) is 81.5 Å². The Morgan fingerprint density at radius 1 is 0.222 bits per heavy atom. The minimum Gasteiger partial charge on any atom is -0.412 e. The maximum absolute atomic E-state index is 0. The van der Waals surface area contributed by atoms with Crippen molar-refractivity contribution in [2.24, 2.45) is 0 Å². The molecular formula is H16CaO8. The molecule has 0 aliphatic rings. The van der Waals surface area contributed by atoms with Crippen molar-refractivity contribution in [1.29, 1.82) is 0 Å². The second kappa shape index (κ2) is 638. The van der Waals surface area contributed by atoms with Crippen LogP contribution in [0, 0.1) is 0 Å². The van der Waals surface area contributed by atoms with Crippen molar-refractivity contribution in [3.63, 3.8) is 0 Å². The van der Waals surface area contributed by atoms with Gasteiger partial charge in [0.15, 0.2) is 0 Å². The van der Waals surface area contributed by atoms with E-state index in [1.807, 2.05) is 0 Å². The first-order valence-electron chi connectivity index (χ1n) is 0. The molecule has 0 unspecified atom stereocenters. The van der Waals surface area contributed by atoms with Crippen LogP contribution < -0.4 is 0 Å². The molecule has 0 saturated carbocycles. The number of hydrogen-bond donors (Lipinski definition) is 0. The van der Waals surface area contributed by atoms with Crippen LogP contribution in [-0.2, 0) is 0 Å². The topological polar surface area (TPSA) is 252 Å². The first-order valence-corrected chi connectivity index (χ1v) is 0. The minimum absolute atomic E-state index is 0. The molecule has 0 atom stereocenters. The van der Waals surface area contributed by atoms with Gasteiger partial charge in [0.25, 0.3) is 0 Å². The summed E-state index contributed by atoms with van der Waals surface area (Å²) in [4.78, 5) is 0. The zero-order chi connectivity index (χ0) is 0. The average molecular weight is 184 g/mol. The smallest absolute Gasteiger partial charge is 0 e. The van der Waals surface area contributed by atoms with Gasteiger partial charge in [-0.15, -0.1) is 0 Å². The van der Waals surface area contributed by atoms with Gasteiger partial charge in [-0.3, -0.25) is 0 Å². The molecule has 0 aromatic carbocycles. The van der Waals surface area contributed by atoms with E-state index in [4.69, 9.17) is 0 Å². The van der Waals surface area contributed by atoms with Crippen LogP contribution in [0.3, 0.4) is 0 Å². The van der Waals surface area contributed by atoms with Crippen molar-refractivity contribution in [2.75, 3.05) is 0 Å². The second-order valence-electron chi connectivity index (χ2n) is 0. The maximum Gasteiger partial charge on any atom is 0 e. The molecule has 0 rings (SSSR count). The average Bonchev–Trinajstić information content (AvgIpc) is 0. The molecular weight excluding hydrogens is 168 g/mol. The van der Waals surface area contributed by atoms with E-state index in [9.17, 15) is 0 Å².